The van der Waals surface area contributed by atoms with Gasteiger partial charge in [0.25, 0.3) is 0 Å². The van der Waals surface area contributed by atoms with E-state index in [-0.39, 0.29) is 31.6 Å². The lowest BCUT2D eigenvalue weighted by Gasteiger charge is -2.31. The smallest absolute Gasteiger partial charge is 0.320 e. The van der Waals surface area contributed by atoms with Crippen molar-refractivity contribution in [3.05, 3.63) is 0 Å². The van der Waals surface area contributed by atoms with E-state index < -0.39 is 11.9 Å². The van der Waals surface area contributed by atoms with Crippen LogP contribution in [0.4, 0.5) is 4.79 Å². The maximum absolute atomic E-state index is 12.1. The van der Waals surface area contributed by atoms with E-state index in [4.69, 9.17) is 10.8 Å². The molecule has 18 heavy (non-hydrogen) atoms. The highest BCUT2D eigenvalue weighted by molar-refractivity contribution is 5.83. The molecule has 0 heterocycles. The van der Waals surface area contributed by atoms with Gasteiger partial charge < -0.3 is 20.6 Å². The van der Waals surface area contributed by atoms with Crippen molar-refractivity contribution in [2.24, 2.45) is 5.73 Å². The Morgan fingerprint density at radius 3 is 2.17 bits per heavy atom. The Hall–Kier alpha value is -1.79. The Morgan fingerprint density at radius 2 is 1.83 bits per heavy atom. The second kappa shape index (κ2) is 7.52. The number of carboxylic acids is 1. The van der Waals surface area contributed by atoms with Crippen LogP contribution in [0.25, 0.3) is 0 Å². The fraction of sp³-hybridized carbons (Fsp3) is 0.727. The predicted molar refractivity (Wildman–Crippen MR) is 65.9 cm³/mol. The second-order valence-corrected chi connectivity index (χ2v) is 4.19. The first-order valence-corrected chi connectivity index (χ1v) is 5.85. The molecule has 7 nitrogen and oxygen atoms in total. The van der Waals surface area contributed by atoms with Gasteiger partial charge in [0.05, 0.1) is 6.42 Å². The lowest BCUT2D eigenvalue weighted by atomic mass is 10.3. The minimum Gasteiger partial charge on any atom is -0.481 e. The molecule has 0 spiro atoms. The van der Waals surface area contributed by atoms with Gasteiger partial charge in [0, 0.05) is 19.1 Å². The molecule has 104 valence electrons. The monoisotopic (exact) mass is 259 g/mol. The molecule has 0 saturated carbocycles. The van der Waals surface area contributed by atoms with Crippen molar-refractivity contribution in [3.8, 4) is 0 Å². The average Bonchev–Trinajstić information content (AvgIpc) is 2.25. The second-order valence-electron chi connectivity index (χ2n) is 4.19. The molecule has 0 unspecified atom stereocenters. The fourth-order valence-electron chi connectivity index (χ4n) is 1.44. The molecule has 0 aliphatic heterocycles. The van der Waals surface area contributed by atoms with Crippen LogP contribution in [0.15, 0.2) is 0 Å². The largest absolute Gasteiger partial charge is 0.481 e. The molecule has 0 rings (SSSR count). The van der Waals surface area contributed by atoms with Crippen molar-refractivity contribution < 1.29 is 19.5 Å². The van der Waals surface area contributed by atoms with E-state index in [0.29, 0.717) is 6.54 Å². The third-order valence-electron chi connectivity index (χ3n) is 2.44. The molecule has 0 aromatic rings. The normalized spacial score (nSPS) is 10.2. The van der Waals surface area contributed by atoms with Gasteiger partial charge in [-0.2, -0.15) is 0 Å². The van der Waals surface area contributed by atoms with E-state index in [2.05, 4.69) is 0 Å². The summed E-state index contributed by atoms with van der Waals surface area (Å²) in [6.45, 7) is 5.63. The molecular formula is C11H21N3O4. The lowest BCUT2D eigenvalue weighted by molar-refractivity contribution is -0.137. The Morgan fingerprint density at radius 1 is 1.28 bits per heavy atom. The molecule has 0 fully saturated rings. The summed E-state index contributed by atoms with van der Waals surface area (Å²) in [6.07, 6.45) is -0.123. The van der Waals surface area contributed by atoms with Gasteiger partial charge in [0.2, 0.25) is 5.91 Å². The van der Waals surface area contributed by atoms with Crippen molar-refractivity contribution >= 4 is 17.9 Å². The molecule has 0 aromatic carbocycles. The third kappa shape index (κ3) is 5.51. The molecule has 7 heteroatoms. The van der Waals surface area contributed by atoms with Crippen molar-refractivity contribution in [2.45, 2.75) is 33.2 Å². The summed E-state index contributed by atoms with van der Waals surface area (Å²) in [7, 11) is 0. The van der Waals surface area contributed by atoms with Gasteiger partial charge in [-0.25, -0.2) is 4.79 Å². The number of primary amides is 1. The van der Waals surface area contributed by atoms with Crippen LogP contribution in [0.1, 0.15) is 27.2 Å². The summed E-state index contributed by atoms with van der Waals surface area (Å²) < 4.78 is 0. The van der Waals surface area contributed by atoms with Crippen molar-refractivity contribution in [1.82, 2.24) is 9.80 Å². The summed E-state index contributed by atoms with van der Waals surface area (Å²) in [4.78, 5) is 36.2. The molecular weight excluding hydrogens is 238 g/mol. The minimum absolute atomic E-state index is 0.118. The summed E-state index contributed by atoms with van der Waals surface area (Å²) >= 11 is 0. The van der Waals surface area contributed by atoms with Gasteiger partial charge in [0.15, 0.2) is 0 Å². The first kappa shape index (κ1) is 16.2. The zero-order valence-electron chi connectivity index (χ0n) is 11.0. The van der Waals surface area contributed by atoms with E-state index in [1.165, 1.54) is 9.80 Å². The molecule has 3 amide bonds. The average molecular weight is 259 g/mol. The van der Waals surface area contributed by atoms with Gasteiger partial charge in [-0.1, -0.05) is 0 Å². The molecule has 0 radical (unpaired) electrons. The summed E-state index contributed by atoms with van der Waals surface area (Å²) in [5.74, 6) is -1.56. The zero-order chi connectivity index (χ0) is 14.3. The van der Waals surface area contributed by atoms with E-state index in [1.54, 1.807) is 20.8 Å². The van der Waals surface area contributed by atoms with Crippen LogP contribution in [0.2, 0.25) is 0 Å². The predicted octanol–water partition coefficient (Wildman–Crippen LogP) is 0.0987. The Labute approximate surface area is 107 Å². The van der Waals surface area contributed by atoms with Crippen molar-refractivity contribution in [3.63, 3.8) is 0 Å². The number of hydrogen-bond donors (Lipinski definition) is 2. The number of aliphatic carboxylic acids is 1. The fourth-order valence-corrected chi connectivity index (χ4v) is 1.44. The van der Waals surface area contributed by atoms with Crippen LogP contribution in [0, 0.1) is 0 Å². The van der Waals surface area contributed by atoms with Crippen LogP contribution in [0.3, 0.4) is 0 Å². The topological polar surface area (TPSA) is 104 Å². The SMILES string of the molecule is CCN(CCC(=O)O)C(=O)N(CC(N)=O)C(C)C. The molecule has 3 N–H and O–H groups in total. The maximum atomic E-state index is 12.1. The number of rotatable bonds is 7. The number of carbonyl (C=O) groups is 3. The maximum Gasteiger partial charge on any atom is 0.320 e. The standard InChI is InChI=1S/C11H21N3O4/c1-4-13(6-5-10(16)17)11(18)14(8(2)3)7-9(12)15/h8H,4-7H2,1-3H3,(H2,12,15)(H,16,17). The van der Waals surface area contributed by atoms with Crippen LogP contribution in [-0.2, 0) is 9.59 Å². The van der Waals surface area contributed by atoms with E-state index >= 15 is 0 Å². The highest BCUT2D eigenvalue weighted by Crippen LogP contribution is 2.05. The number of amides is 3. The lowest BCUT2D eigenvalue weighted by Crippen LogP contribution is -2.50. The van der Waals surface area contributed by atoms with Crippen molar-refractivity contribution in [2.75, 3.05) is 19.6 Å². The Kier molecular flexibility index (Phi) is 6.77. The van der Waals surface area contributed by atoms with Gasteiger partial charge in [-0.15, -0.1) is 0 Å². The summed E-state index contributed by atoms with van der Waals surface area (Å²) in [5.41, 5.74) is 5.09. The highest BCUT2D eigenvalue weighted by atomic mass is 16.4. The van der Waals surface area contributed by atoms with Crippen molar-refractivity contribution in [1.29, 1.82) is 0 Å². The van der Waals surface area contributed by atoms with Crippen LogP contribution >= 0.6 is 0 Å². The van der Waals surface area contributed by atoms with Crippen LogP contribution in [-0.4, -0.2) is 58.5 Å². The molecule has 0 aliphatic carbocycles. The van der Waals surface area contributed by atoms with E-state index in [9.17, 15) is 14.4 Å². The number of carbonyl (C=O) groups excluding carboxylic acids is 2. The third-order valence-corrected chi connectivity index (χ3v) is 2.44. The Bertz CT molecular complexity index is 317. The van der Waals surface area contributed by atoms with Gasteiger partial charge in [-0.05, 0) is 20.8 Å². The number of carboxylic acid groups (broad SMARTS) is 1. The molecule has 0 aromatic heterocycles. The summed E-state index contributed by atoms with van der Waals surface area (Å²) in [6, 6.07) is -0.545. The van der Waals surface area contributed by atoms with Gasteiger partial charge in [-0.3, -0.25) is 9.59 Å². The van der Waals surface area contributed by atoms with Gasteiger partial charge in [0.1, 0.15) is 6.54 Å². The first-order chi connectivity index (χ1) is 8.29. The molecule has 0 saturated heterocycles. The minimum atomic E-state index is -0.966. The zero-order valence-corrected chi connectivity index (χ0v) is 11.0. The van der Waals surface area contributed by atoms with Crippen LogP contribution < -0.4 is 5.73 Å². The summed E-state index contributed by atoms with van der Waals surface area (Å²) in [5, 5.41) is 8.61. The van der Waals surface area contributed by atoms with Crippen LogP contribution in [0.5, 0.6) is 0 Å². The first-order valence-electron chi connectivity index (χ1n) is 5.85. The highest BCUT2D eigenvalue weighted by Gasteiger charge is 2.23. The Balaban J connectivity index is 4.69. The van der Waals surface area contributed by atoms with E-state index in [1.807, 2.05) is 0 Å². The van der Waals surface area contributed by atoms with E-state index in [0.717, 1.165) is 0 Å². The number of urea groups is 1. The molecule has 0 aliphatic rings. The van der Waals surface area contributed by atoms with Gasteiger partial charge >= 0.3 is 12.0 Å². The number of nitrogens with two attached hydrogens (primary N) is 1. The quantitative estimate of drug-likeness (QED) is 0.676. The number of hydrogen-bond acceptors (Lipinski definition) is 3. The molecule has 0 bridgehead atoms. The molecule has 0 atom stereocenters. The number of nitrogens with zero attached hydrogens (tertiary/aromatic N) is 2.